The third-order valence-corrected chi connectivity index (χ3v) is 6.92. The summed E-state index contributed by atoms with van der Waals surface area (Å²) >= 11 is 0. The number of likely N-dealkylation sites (N-methyl/N-ethyl adjacent to an activating group) is 1. The molecule has 3 rings (SSSR count). The van der Waals surface area contributed by atoms with Crippen molar-refractivity contribution in [2.45, 2.75) is 57.0 Å². The Morgan fingerprint density at radius 2 is 1.74 bits per heavy atom. The molecule has 3 saturated heterocycles. The van der Waals surface area contributed by atoms with Crippen molar-refractivity contribution in [1.82, 2.24) is 20.0 Å². The van der Waals surface area contributed by atoms with Crippen LogP contribution < -0.4 is 5.32 Å². The highest BCUT2D eigenvalue weighted by Crippen LogP contribution is 2.23. The van der Waals surface area contributed by atoms with E-state index in [-0.39, 0.29) is 17.9 Å². The fourth-order valence-electron chi connectivity index (χ4n) is 5.21. The molecule has 156 valence electrons. The fraction of sp³-hybridized carbons (Fsp3) is 0.952. The van der Waals surface area contributed by atoms with Gasteiger partial charge in [-0.1, -0.05) is 6.42 Å². The van der Waals surface area contributed by atoms with Crippen molar-refractivity contribution in [2.24, 2.45) is 5.92 Å². The molecule has 3 heterocycles. The molecule has 0 radical (unpaired) electrons. The predicted octanol–water partition coefficient (Wildman–Crippen LogP) is 1.41. The van der Waals surface area contributed by atoms with Crippen LogP contribution in [0.3, 0.4) is 0 Å². The Kier molecular flexibility index (Phi) is 8.37. The minimum atomic E-state index is 0.0635. The van der Waals surface area contributed by atoms with Crippen molar-refractivity contribution in [1.29, 1.82) is 0 Å². The number of methoxy groups -OCH3 is 1. The molecule has 0 spiro atoms. The largest absolute Gasteiger partial charge is 0.383 e. The van der Waals surface area contributed by atoms with Gasteiger partial charge in [-0.05, 0) is 78.3 Å². The van der Waals surface area contributed by atoms with Crippen molar-refractivity contribution in [3.63, 3.8) is 0 Å². The highest BCUT2D eigenvalue weighted by Gasteiger charge is 2.34. The first-order valence-electron chi connectivity index (χ1n) is 11.1. The molecule has 2 atom stereocenters. The number of amides is 1. The van der Waals surface area contributed by atoms with Gasteiger partial charge in [-0.2, -0.15) is 0 Å². The highest BCUT2D eigenvalue weighted by atomic mass is 16.5. The van der Waals surface area contributed by atoms with Gasteiger partial charge >= 0.3 is 0 Å². The van der Waals surface area contributed by atoms with Gasteiger partial charge in [0.15, 0.2) is 0 Å². The lowest BCUT2D eigenvalue weighted by molar-refractivity contribution is -0.129. The second-order valence-electron chi connectivity index (χ2n) is 8.71. The second-order valence-corrected chi connectivity index (χ2v) is 8.71. The molecule has 0 aromatic carbocycles. The Morgan fingerprint density at radius 3 is 2.44 bits per heavy atom. The molecule has 2 unspecified atom stereocenters. The summed E-state index contributed by atoms with van der Waals surface area (Å²) in [6.07, 6.45) is 8.83. The summed E-state index contributed by atoms with van der Waals surface area (Å²) in [5.74, 6) is 0.278. The van der Waals surface area contributed by atoms with Gasteiger partial charge in [0.25, 0.3) is 0 Å². The molecule has 0 aromatic heterocycles. The zero-order valence-electron chi connectivity index (χ0n) is 17.5. The lowest BCUT2D eigenvalue weighted by atomic mass is 9.89. The molecular formula is C21H40N4O2. The summed E-state index contributed by atoms with van der Waals surface area (Å²) in [6, 6.07) is 1.01. The molecule has 3 aliphatic heterocycles. The van der Waals surface area contributed by atoms with Crippen LogP contribution in [-0.4, -0.2) is 99.3 Å². The van der Waals surface area contributed by atoms with Gasteiger partial charge in [0.2, 0.25) is 5.91 Å². The van der Waals surface area contributed by atoms with Crippen LogP contribution in [0.25, 0.3) is 0 Å². The molecule has 1 N–H and O–H groups in total. The normalized spacial score (nSPS) is 29.7. The number of rotatable bonds is 7. The van der Waals surface area contributed by atoms with E-state index in [0.717, 1.165) is 38.5 Å². The molecule has 27 heavy (non-hydrogen) atoms. The topological polar surface area (TPSA) is 48.1 Å². The fourth-order valence-corrected chi connectivity index (χ4v) is 5.21. The van der Waals surface area contributed by atoms with E-state index in [4.69, 9.17) is 4.74 Å². The van der Waals surface area contributed by atoms with E-state index in [0.29, 0.717) is 6.61 Å². The van der Waals surface area contributed by atoms with Crippen molar-refractivity contribution in [3.05, 3.63) is 0 Å². The van der Waals surface area contributed by atoms with Crippen LogP contribution in [0.5, 0.6) is 0 Å². The van der Waals surface area contributed by atoms with Crippen LogP contribution in [0.15, 0.2) is 0 Å². The molecule has 1 amide bonds. The Hall–Kier alpha value is -0.690. The summed E-state index contributed by atoms with van der Waals surface area (Å²) in [5, 5.41) is 3.21. The summed E-state index contributed by atoms with van der Waals surface area (Å²) in [5.41, 5.74) is 0. The number of nitrogens with zero attached hydrogens (tertiary/aromatic N) is 3. The lowest BCUT2D eigenvalue weighted by Crippen LogP contribution is -2.52. The van der Waals surface area contributed by atoms with E-state index in [2.05, 4.69) is 27.1 Å². The van der Waals surface area contributed by atoms with Gasteiger partial charge in [0.1, 0.15) is 0 Å². The van der Waals surface area contributed by atoms with Gasteiger partial charge < -0.3 is 24.8 Å². The van der Waals surface area contributed by atoms with Crippen LogP contribution in [0.2, 0.25) is 0 Å². The first-order chi connectivity index (χ1) is 13.2. The minimum absolute atomic E-state index is 0.0635. The molecule has 0 saturated carbocycles. The number of ether oxygens (including phenoxy) is 1. The summed E-state index contributed by atoms with van der Waals surface area (Å²) in [4.78, 5) is 20.2. The zero-order valence-corrected chi connectivity index (χ0v) is 17.5. The van der Waals surface area contributed by atoms with E-state index in [1.54, 1.807) is 7.11 Å². The number of hydrogen-bond acceptors (Lipinski definition) is 5. The molecule has 6 heteroatoms. The van der Waals surface area contributed by atoms with E-state index in [1.165, 1.54) is 58.3 Å². The van der Waals surface area contributed by atoms with Crippen molar-refractivity contribution >= 4 is 5.91 Å². The predicted molar refractivity (Wildman–Crippen MR) is 109 cm³/mol. The summed E-state index contributed by atoms with van der Waals surface area (Å²) in [6.45, 7) is 8.41. The average molecular weight is 381 g/mol. The summed E-state index contributed by atoms with van der Waals surface area (Å²) < 4.78 is 5.36. The highest BCUT2D eigenvalue weighted by molar-refractivity contribution is 5.79. The molecule has 0 aliphatic carbocycles. The second kappa shape index (κ2) is 10.7. The zero-order chi connectivity index (χ0) is 19.1. The average Bonchev–Trinajstić information content (AvgIpc) is 2.71. The third kappa shape index (κ3) is 5.89. The third-order valence-electron chi connectivity index (χ3n) is 6.92. The van der Waals surface area contributed by atoms with Crippen LogP contribution >= 0.6 is 0 Å². The number of carbonyl (C=O) groups excluding carboxylic acids is 1. The van der Waals surface area contributed by atoms with Gasteiger partial charge in [-0.15, -0.1) is 0 Å². The van der Waals surface area contributed by atoms with Gasteiger partial charge in [0.05, 0.1) is 12.5 Å². The first kappa shape index (κ1) is 21.0. The van der Waals surface area contributed by atoms with Crippen LogP contribution in [-0.2, 0) is 9.53 Å². The van der Waals surface area contributed by atoms with Crippen molar-refractivity contribution in [2.75, 3.05) is 66.6 Å². The number of nitrogens with one attached hydrogen (secondary N) is 1. The maximum Gasteiger partial charge on any atom is 0.224 e. The van der Waals surface area contributed by atoms with E-state index in [9.17, 15) is 4.79 Å². The van der Waals surface area contributed by atoms with E-state index >= 15 is 0 Å². The maximum absolute atomic E-state index is 12.7. The SMILES string of the molecule is COCC1C(C(=O)NCCN2CCC(N3CCCCC3)CC2)CCCN1C. The number of likely N-dealkylation sites (tertiary alicyclic amines) is 3. The van der Waals surface area contributed by atoms with Crippen LogP contribution in [0.4, 0.5) is 0 Å². The Balaban J connectivity index is 1.35. The monoisotopic (exact) mass is 380 g/mol. The number of carbonyl (C=O) groups is 1. The van der Waals surface area contributed by atoms with E-state index in [1.807, 2.05) is 0 Å². The smallest absolute Gasteiger partial charge is 0.224 e. The molecule has 0 aromatic rings. The van der Waals surface area contributed by atoms with E-state index < -0.39 is 0 Å². The molecule has 6 nitrogen and oxygen atoms in total. The van der Waals surface area contributed by atoms with Crippen LogP contribution in [0.1, 0.15) is 44.9 Å². The number of piperidine rings is 3. The van der Waals surface area contributed by atoms with Gasteiger partial charge in [-0.25, -0.2) is 0 Å². The molecule has 0 bridgehead atoms. The Bertz CT molecular complexity index is 447. The van der Waals surface area contributed by atoms with Crippen molar-refractivity contribution < 1.29 is 9.53 Å². The number of hydrogen-bond donors (Lipinski definition) is 1. The molecular weight excluding hydrogens is 340 g/mol. The maximum atomic E-state index is 12.7. The Labute approximate surface area is 165 Å². The van der Waals surface area contributed by atoms with Gasteiger partial charge in [0, 0.05) is 32.3 Å². The molecule has 3 fully saturated rings. The van der Waals surface area contributed by atoms with Crippen LogP contribution in [0, 0.1) is 5.92 Å². The standard InChI is InChI=1S/C21H40N4O2/c1-23-11-6-7-19(20(23)17-27-2)21(26)22-10-16-24-14-8-18(9-15-24)25-12-4-3-5-13-25/h18-20H,3-17H2,1-2H3,(H,22,26). The first-order valence-corrected chi connectivity index (χ1v) is 11.1. The molecule has 3 aliphatic rings. The lowest BCUT2D eigenvalue weighted by Gasteiger charge is -2.40. The van der Waals surface area contributed by atoms with Crippen molar-refractivity contribution in [3.8, 4) is 0 Å². The summed E-state index contributed by atoms with van der Waals surface area (Å²) in [7, 11) is 3.83. The minimum Gasteiger partial charge on any atom is -0.383 e. The Morgan fingerprint density at radius 1 is 1.00 bits per heavy atom. The van der Waals surface area contributed by atoms with Gasteiger partial charge in [-0.3, -0.25) is 4.79 Å². The quantitative estimate of drug-likeness (QED) is 0.724.